The third-order valence-electron chi connectivity index (χ3n) is 3.50. The fraction of sp³-hybridized carbons (Fsp3) is 0.400. The molecule has 5 heteroatoms. The minimum Gasteiger partial charge on any atom is -0.493 e. The number of nitrogens with one attached hydrogen (secondary N) is 1. The lowest BCUT2D eigenvalue weighted by Gasteiger charge is -2.14. The van der Waals surface area contributed by atoms with Crippen LogP contribution in [0.1, 0.15) is 34.8 Å². The maximum absolute atomic E-state index is 5.75. The smallest absolute Gasteiger partial charge is 0.127 e. The van der Waals surface area contributed by atoms with Gasteiger partial charge in [0.15, 0.2) is 0 Å². The molecule has 1 aliphatic heterocycles. The Balaban J connectivity index is 1.73. The van der Waals surface area contributed by atoms with E-state index >= 15 is 0 Å². The molecule has 1 aliphatic rings. The van der Waals surface area contributed by atoms with Crippen molar-refractivity contribution < 1.29 is 4.74 Å². The highest BCUT2D eigenvalue weighted by atomic mass is 79.9. The number of aryl methyl sites for hydroxylation is 1. The summed E-state index contributed by atoms with van der Waals surface area (Å²) in [5, 5.41) is 6.76. The van der Waals surface area contributed by atoms with Gasteiger partial charge in [-0.1, -0.05) is 15.9 Å². The monoisotopic (exact) mass is 352 g/mol. The largest absolute Gasteiger partial charge is 0.493 e. The van der Waals surface area contributed by atoms with Crippen molar-refractivity contribution in [1.82, 2.24) is 10.3 Å². The number of aromatic nitrogens is 1. The molecule has 1 aromatic carbocycles. The van der Waals surface area contributed by atoms with Gasteiger partial charge < -0.3 is 10.1 Å². The second kappa shape index (κ2) is 5.84. The molecule has 2 aromatic rings. The molecule has 1 unspecified atom stereocenters. The molecule has 2 heterocycles. The second-order valence-corrected chi connectivity index (χ2v) is 7.02. The minimum absolute atomic E-state index is 0.246. The number of benzene rings is 1. The lowest BCUT2D eigenvalue weighted by atomic mass is 10.1. The Bertz CT molecular complexity index is 626. The van der Waals surface area contributed by atoms with Gasteiger partial charge in [0, 0.05) is 34.4 Å². The summed E-state index contributed by atoms with van der Waals surface area (Å²) >= 11 is 5.27. The highest BCUT2D eigenvalue weighted by Crippen LogP contribution is 2.33. The Morgan fingerprint density at radius 2 is 2.35 bits per heavy atom. The molecule has 0 amide bonds. The maximum atomic E-state index is 5.75. The van der Waals surface area contributed by atoms with E-state index in [1.165, 1.54) is 11.1 Å². The van der Waals surface area contributed by atoms with E-state index < -0.39 is 0 Å². The zero-order chi connectivity index (χ0) is 14.1. The van der Waals surface area contributed by atoms with Crippen LogP contribution in [0.2, 0.25) is 0 Å². The van der Waals surface area contributed by atoms with E-state index in [4.69, 9.17) is 4.74 Å². The number of nitrogens with zero attached hydrogens (tertiary/aromatic N) is 1. The van der Waals surface area contributed by atoms with Crippen molar-refractivity contribution >= 4 is 27.3 Å². The van der Waals surface area contributed by atoms with Gasteiger partial charge in [0.1, 0.15) is 5.75 Å². The predicted octanol–water partition coefficient (Wildman–Crippen LogP) is 4.00. The predicted molar refractivity (Wildman–Crippen MR) is 85.4 cm³/mol. The molecule has 0 fully saturated rings. The van der Waals surface area contributed by atoms with E-state index in [2.05, 4.69) is 50.7 Å². The van der Waals surface area contributed by atoms with Gasteiger partial charge in [-0.25, -0.2) is 4.98 Å². The molecule has 1 aromatic heterocycles. The first-order valence-electron chi connectivity index (χ1n) is 6.73. The van der Waals surface area contributed by atoms with Crippen LogP contribution in [0.25, 0.3) is 0 Å². The van der Waals surface area contributed by atoms with Crippen molar-refractivity contribution in [3.8, 4) is 5.75 Å². The molecule has 0 bridgehead atoms. The first kappa shape index (κ1) is 14.0. The van der Waals surface area contributed by atoms with E-state index in [9.17, 15) is 0 Å². The number of fused-ring (bicyclic) bond motifs is 1. The van der Waals surface area contributed by atoms with Crippen LogP contribution in [0.5, 0.6) is 5.75 Å². The zero-order valence-corrected chi connectivity index (χ0v) is 14.0. The van der Waals surface area contributed by atoms with E-state index in [0.29, 0.717) is 0 Å². The van der Waals surface area contributed by atoms with Crippen molar-refractivity contribution in [1.29, 1.82) is 0 Å². The summed E-state index contributed by atoms with van der Waals surface area (Å²) in [5.41, 5.74) is 3.62. The molecule has 1 N–H and O–H groups in total. The van der Waals surface area contributed by atoms with E-state index in [1.807, 2.05) is 6.92 Å². The van der Waals surface area contributed by atoms with E-state index in [-0.39, 0.29) is 6.04 Å². The fourth-order valence-corrected chi connectivity index (χ4v) is 3.68. The fourth-order valence-electron chi connectivity index (χ4n) is 2.42. The SMILES string of the molecule is Cc1nc(C(C)NCc2cc(Br)cc3c2OCC3)cs1. The molecular formula is C15H17BrN2OS. The molecule has 0 saturated carbocycles. The number of rotatable bonds is 4. The highest BCUT2D eigenvalue weighted by Gasteiger charge is 2.18. The molecule has 3 rings (SSSR count). The quantitative estimate of drug-likeness (QED) is 0.902. The van der Waals surface area contributed by atoms with Crippen molar-refractivity contribution in [3.05, 3.63) is 43.8 Å². The Labute approximate surface area is 131 Å². The van der Waals surface area contributed by atoms with Crippen LogP contribution in [0, 0.1) is 6.92 Å². The van der Waals surface area contributed by atoms with Gasteiger partial charge in [0.25, 0.3) is 0 Å². The molecule has 0 radical (unpaired) electrons. The van der Waals surface area contributed by atoms with Crippen LogP contribution in [0.4, 0.5) is 0 Å². The summed E-state index contributed by atoms with van der Waals surface area (Å²) in [6.07, 6.45) is 1.00. The standard InChI is InChI=1S/C15H17BrN2OS/c1-9(14-8-20-10(2)18-14)17-7-12-6-13(16)5-11-3-4-19-15(11)12/h5-6,8-9,17H,3-4,7H2,1-2H3. The van der Waals surface area contributed by atoms with Crippen molar-refractivity contribution in [2.45, 2.75) is 32.9 Å². The summed E-state index contributed by atoms with van der Waals surface area (Å²) in [7, 11) is 0. The van der Waals surface area contributed by atoms with Gasteiger partial charge in [0.2, 0.25) is 0 Å². The second-order valence-electron chi connectivity index (χ2n) is 5.05. The minimum atomic E-state index is 0.246. The van der Waals surface area contributed by atoms with Crippen molar-refractivity contribution in [3.63, 3.8) is 0 Å². The van der Waals surface area contributed by atoms with Crippen LogP contribution >= 0.6 is 27.3 Å². The number of halogens is 1. The van der Waals surface area contributed by atoms with Gasteiger partial charge in [0.05, 0.1) is 17.3 Å². The van der Waals surface area contributed by atoms with Crippen molar-refractivity contribution in [2.24, 2.45) is 0 Å². The molecule has 106 valence electrons. The zero-order valence-electron chi connectivity index (χ0n) is 11.6. The third kappa shape index (κ3) is 2.90. The van der Waals surface area contributed by atoms with Crippen LogP contribution in [0.15, 0.2) is 22.0 Å². The van der Waals surface area contributed by atoms with Crippen LogP contribution < -0.4 is 10.1 Å². The molecule has 20 heavy (non-hydrogen) atoms. The van der Waals surface area contributed by atoms with Gasteiger partial charge in [-0.3, -0.25) is 0 Å². The third-order valence-corrected chi connectivity index (χ3v) is 4.75. The first-order chi connectivity index (χ1) is 9.63. The molecule has 0 spiro atoms. The summed E-state index contributed by atoms with van der Waals surface area (Å²) in [6, 6.07) is 4.53. The summed E-state index contributed by atoms with van der Waals surface area (Å²) < 4.78 is 6.87. The Hall–Kier alpha value is -0.910. The maximum Gasteiger partial charge on any atom is 0.127 e. The van der Waals surface area contributed by atoms with Crippen LogP contribution in [0.3, 0.4) is 0 Å². The van der Waals surface area contributed by atoms with E-state index in [1.54, 1.807) is 11.3 Å². The number of ether oxygens (including phenoxy) is 1. The number of hydrogen-bond acceptors (Lipinski definition) is 4. The summed E-state index contributed by atoms with van der Waals surface area (Å²) in [5.74, 6) is 1.06. The van der Waals surface area contributed by atoms with Gasteiger partial charge in [-0.2, -0.15) is 0 Å². The topological polar surface area (TPSA) is 34.2 Å². The lowest BCUT2D eigenvalue weighted by Crippen LogP contribution is -2.18. The first-order valence-corrected chi connectivity index (χ1v) is 8.40. The van der Waals surface area contributed by atoms with Crippen LogP contribution in [-0.4, -0.2) is 11.6 Å². The van der Waals surface area contributed by atoms with E-state index in [0.717, 1.165) is 40.5 Å². The number of hydrogen-bond donors (Lipinski definition) is 1. The summed E-state index contributed by atoms with van der Waals surface area (Å²) in [6.45, 7) is 5.77. The molecule has 1 atom stereocenters. The molecule has 0 aliphatic carbocycles. The normalized spacial score (nSPS) is 14.9. The van der Waals surface area contributed by atoms with Crippen LogP contribution in [-0.2, 0) is 13.0 Å². The average molecular weight is 353 g/mol. The summed E-state index contributed by atoms with van der Waals surface area (Å²) in [4.78, 5) is 4.53. The lowest BCUT2D eigenvalue weighted by molar-refractivity contribution is 0.351. The Morgan fingerprint density at radius 1 is 1.50 bits per heavy atom. The molecule has 0 saturated heterocycles. The number of thiazole rings is 1. The van der Waals surface area contributed by atoms with Gasteiger partial charge >= 0.3 is 0 Å². The highest BCUT2D eigenvalue weighted by molar-refractivity contribution is 9.10. The molecular weight excluding hydrogens is 336 g/mol. The van der Waals surface area contributed by atoms with Crippen molar-refractivity contribution in [2.75, 3.05) is 6.61 Å². The van der Waals surface area contributed by atoms with Gasteiger partial charge in [-0.05, 0) is 31.5 Å². The van der Waals surface area contributed by atoms with Gasteiger partial charge in [-0.15, -0.1) is 11.3 Å². The Morgan fingerprint density at radius 3 is 3.10 bits per heavy atom. The molecule has 3 nitrogen and oxygen atoms in total. The Kier molecular flexibility index (Phi) is 4.10. The average Bonchev–Trinajstić information content (AvgIpc) is 3.03.